The summed E-state index contributed by atoms with van der Waals surface area (Å²) in [6.45, 7) is 5.75. The molecule has 0 saturated carbocycles. The standard InChI is InChI=1S/C11H16O2/c1-7-5-10(13-4)6-8(2)11(7)9(3)12/h5-6,9,12H,1-4H3. The zero-order valence-electron chi connectivity index (χ0n) is 8.59. The molecule has 1 unspecified atom stereocenters. The molecule has 0 radical (unpaired) electrons. The Bertz CT molecular complexity index is 280. The van der Waals surface area contributed by atoms with Gasteiger partial charge in [0, 0.05) is 0 Å². The summed E-state index contributed by atoms with van der Waals surface area (Å²) in [5.41, 5.74) is 3.15. The van der Waals surface area contributed by atoms with Gasteiger partial charge in [-0.25, -0.2) is 0 Å². The smallest absolute Gasteiger partial charge is 0.119 e. The van der Waals surface area contributed by atoms with Gasteiger partial charge >= 0.3 is 0 Å². The van der Waals surface area contributed by atoms with E-state index in [1.807, 2.05) is 26.0 Å². The molecule has 0 saturated heterocycles. The predicted octanol–water partition coefficient (Wildman–Crippen LogP) is 2.37. The van der Waals surface area contributed by atoms with Gasteiger partial charge in [-0.3, -0.25) is 0 Å². The summed E-state index contributed by atoms with van der Waals surface area (Å²) >= 11 is 0. The molecule has 0 aliphatic rings. The van der Waals surface area contributed by atoms with Crippen molar-refractivity contribution >= 4 is 0 Å². The van der Waals surface area contributed by atoms with Crippen molar-refractivity contribution in [3.63, 3.8) is 0 Å². The van der Waals surface area contributed by atoms with Crippen LogP contribution in [-0.2, 0) is 0 Å². The van der Waals surface area contributed by atoms with Crippen molar-refractivity contribution in [1.82, 2.24) is 0 Å². The first-order valence-corrected chi connectivity index (χ1v) is 4.39. The Morgan fingerprint density at radius 2 is 1.69 bits per heavy atom. The van der Waals surface area contributed by atoms with E-state index in [0.717, 1.165) is 22.4 Å². The molecule has 2 heteroatoms. The van der Waals surface area contributed by atoms with Crippen LogP contribution in [0.25, 0.3) is 0 Å². The van der Waals surface area contributed by atoms with Crippen LogP contribution in [0.15, 0.2) is 12.1 Å². The van der Waals surface area contributed by atoms with Crippen LogP contribution in [0.1, 0.15) is 29.7 Å². The second-order valence-corrected chi connectivity index (χ2v) is 3.35. The van der Waals surface area contributed by atoms with Crippen molar-refractivity contribution in [2.75, 3.05) is 7.11 Å². The van der Waals surface area contributed by atoms with E-state index in [9.17, 15) is 5.11 Å². The maximum absolute atomic E-state index is 9.51. The van der Waals surface area contributed by atoms with Crippen LogP contribution in [0.5, 0.6) is 5.75 Å². The van der Waals surface area contributed by atoms with Gasteiger partial charge in [0.1, 0.15) is 5.75 Å². The molecule has 1 N–H and O–H groups in total. The van der Waals surface area contributed by atoms with E-state index in [0.29, 0.717) is 0 Å². The maximum atomic E-state index is 9.51. The Morgan fingerprint density at radius 3 is 2.00 bits per heavy atom. The maximum Gasteiger partial charge on any atom is 0.119 e. The van der Waals surface area contributed by atoms with Crippen LogP contribution < -0.4 is 4.74 Å². The van der Waals surface area contributed by atoms with E-state index in [1.165, 1.54) is 0 Å². The minimum Gasteiger partial charge on any atom is -0.497 e. The van der Waals surface area contributed by atoms with Gasteiger partial charge in [0.25, 0.3) is 0 Å². The fourth-order valence-electron chi connectivity index (χ4n) is 1.71. The van der Waals surface area contributed by atoms with Crippen molar-refractivity contribution in [3.05, 3.63) is 28.8 Å². The highest BCUT2D eigenvalue weighted by atomic mass is 16.5. The van der Waals surface area contributed by atoms with Crippen LogP contribution in [0.3, 0.4) is 0 Å². The summed E-state index contributed by atoms with van der Waals surface area (Å²) in [5.74, 6) is 0.847. The number of ether oxygens (including phenoxy) is 1. The van der Waals surface area contributed by atoms with Crippen molar-refractivity contribution in [1.29, 1.82) is 0 Å². The van der Waals surface area contributed by atoms with Gasteiger partial charge in [0.05, 0.1) is 13.2 Å². The highest BCUT2D eigenvalue weighted by molar-refractivity contribution is 5.42. The SMILES string of the molecule is COc1cc(C)c(C(C)O)c(C)c1. The highest BCUT2D eigenvalue weighted by Gasteiger charge is 2.09. The summed E-state index contributed by atoms with van der Waals surface area (Å²) in [7, 11) is 1.65. The highest BCUT2D eigenvalue weighted by Crippen LogP contribution is 2.26. The molecule has 0 heterocycles. The molecule has 0 amide bonds. The van der Waals surface area contributed by atoms with E-state index in [2.05, 4.69) is 0 Å². The Labute approximate surface area is 79.2 Å². The van der Waals surface area contributed by atoms with Gasteiger partial charge in [-0.05, 0) is 49.6 Å². The minimum atomic E-state index is -0.411. The lowest BCUT2D eigenvalue weighted by Gasteiger charge is -2.14. The number of hydrogen-bond acceptors (Lipinski definition) is 2. The molecule has 2 nitrogen and oxygen atoms in total. The van der Waals surface area contributed by atoms with Crippen LogP contribution in [0.4, 0.5) is 0 Å². The fraction of sp³-hybridized carbons (Fsp3) is 0.455. The third kappa shape index (κ3) is 2.01. The largest absolute Gasteiger partial charge is 0.497 e. The molecule has 0 spiro atoms. The Hall–Kier alpha value is -1.02. The molecule has 0 fully saturated rings. The first-order chi connectivity index (χ1) is 6.06. The number of methoxy groups -OCH3 is 1. The Balaban J connectivity index is 3.23. The van der Waals surface area contributed by atoms with Gasteiger partial charge in [0.15, 0.2) is 0 Å². The van der Waals surface area contributed by atoms with Gasteiger partial charge in [-0.2, -0.15) is 0 Å². The lowest BCUT2D eigenvalue weighted by atomic mass is 9.98. The van der Waals surface area contributed by atoms with E-state index in [-0.39, 0.29) is 0 Å². The lowest BCUT2D eigenvalue weighted by molar-refractivity contribution is 0.197. The van der Waals surface area contributed by atoms with Crippen LogP contribution in [-0.4, -0.2) is 12.2 Å². The molecular weight excluding hydrogens is 164 g/mol. The molecule has 72 valence electrons. The van der Waals surface area contributed by atoms with E-state index in [1.54, 1.807) is 14.0 Å². The second-order valence-electron chi connectivity index (χ2n) is 3.35. The number of aliphatic hydroxyl groups excluding tert-OH is 1. The number of benzene rings is 1. The number of rotatable bonds is 2. The zero-order valence-corrected chi connectivity index (χ0v) is 8.59. The quantitative estimate of drug-likeness (QED) is 0.757. The Kier molecular flexibility index (Phi) is 2.94. The summed E-state index contributed by atoms with van der Waals surface area (Å²) in [6, 6.07) is 3.88. The summed E-state index contributed by atoms with van der Waals surface area (Å²) in [5, 5.41) is 9.51. The van der Waals surface area contributed by atoms with Crippen molar-refractivity contribution < 1.29 is 9.84 Å². The van der Waals surface area contributed by atoms with E-state index in [4.69, 9.17) is 4.74 Å². The zero-order chi connectivity index (χ0) is 10.0. The van der Waals surface area contributed by atoms with E-state index < -0.39 is 6.10 Å². The normalized spacial score (nSPS) is 12.7. The molecule has 1 atom stereocenters. The van der Waals surface area contributed by atoms with Crippen LogP contribution in [0, 0.1) is 13.8 Å². The summed E-state index contributed by atoms with van der Waals surface area (Å²) in [4.78, 5) is 0. The first kappa shape index (κ1) is 10.1. The molecule has 0 aliphatic carbocycles. The van der Waals surface area contributed by atoms with Gasteiger partial charge in [0.2, 0.25) is 0 Å². The molecular formula is C11H16O2. The third-order valence-electron chi connectivity index (χ3n) is 2.22. The van der Waals surface area contributed by atoms with Gasteiger partial charge < -0.3 is 9.84 Å². The molecule has 0 bridgehead atoms. The van der Waals surface area contributed by atoms with Crippen molar-refractivity contribution in [2.24, 2.45) is 0 Å². The number of hydrogen-bond donors (Lipinski definition) is 1. The molecule has 1 aromatic carbocycles. The average Bonchev–Trinajstić information content (AvgIpc) is 2.02. The molecule has 1 rings (SSSR count). The predicted molar refractivity (Wildman–Crippen MR) is 53.1 cm³/mol. The minimum absolute atomic E-state index is 0.411. The molecule has 0 aromatic heterocycles. The number of aliphatic hydroxyl groups is 1. The lowest BCUT2D eigenvalue weighted by Crippen LogP contribution is -1.99. The first-order valence-electron chi connectivity index (χ1n) is 4.39. The fourth-order valence-corrected chi connectivity index (χ4v) is 1.71. The topological polar surface area (TPSA) is 29.5 Å². The van der Waals surface area contributed by atoms with Gasteiger partial charge in [-0.15, -0.1) is 0 Å². The second kappa shape index (κ2) is 3.79. The van der Waals surface area contributed by atoms with E-state index >= 15 is 0 Å². The average molecular weight is 180 g/mol. The Morgan fingerprint density at radius 1 is 1.23 bits per heavy atom. The summed E-state index contributed by atoms with van der Waals surface area (Å²) < 4.78 is 5.13. The molecule has 1 aromatic rings. The van der Waals surface area contributed by atoms with Crippen molar-refractivity contribution in [3.8, 4) is 5.75 Å². The van der Waals surface area contributed by atoms with Gasteiger partial charge in [-0.1, -0.05) is 0 Å². The number of aryl methyl sites for hydroxylation is 2. The van der Waals surface area contributed by atoms with Crippen LogP contribution in [0.2, 0.25) is 0 Å². The third-order valence-corrected chi connectivity index (χ3v) is 2.22. The summed E-state index contributed by atoms with van der Waals surface area (Å²) in [6.07, 6.45) is -0.411. The molecule has 13 heavy (non-hydrogen) atoms. The monoisotopic (exact) mass is 180 g/mol. The van der Waals surface area contributed by atoms with Crippen LogP contribution >= 0.6 is 0 Å². The molecule has 0 aliphatic heterocycles. The van der Waals surface area contributed by atoms with Crippen molar-refractivity contribution in [2.45, 2.75) is 26.9 Å².